The second kappa shape index (κ2) is 10.0. The fourth-order valence-electron chi connectivity index (χ4n) is 1.90. The molecule has 25 heavy (non-hydrogen) atoms. The molecule has 9 heteroatoms. The molecule has 1 aromatic rings. The monoisotopic (exact) mass is 386 g/mol. The molecular formula is C16H20Cl2N4O3. The van der Waals surface area contributed by atoms with Crippen molar-refractivity contribution in [2.24, 2.45) is 5.10 Å². The van der Waals surface area contributed by atoms with Crippen molar-refractivity contribution in [2.75, 3.05) is 18.4 Å². The molecule has 1 rings (SSSR count). The third-order valence-electron chi connectivity index (χ3n) is 3.21. The first-order valence-corrected chi connectivity index (χ1v) is 8.41. The van der Waals surface area contributed by atoms with Gasteiger partial charge in [-0.05, 0) is 39.0 Å². The average Bonchev–Trinajstić information content (AvgIpc) is 2.56. The molecule has 0 aromatic heterocycles. The molecule has 7 nitrogen and oxygen atoms in total. The molecule has 0 aliphatic heterocycles. The molecule has 0 aliphatic carbocycles. The Balaban J connectivity index is 2.56. The molecule has 0 aliphatic rings. The van der Waals surface area contributed by atoms with Gasteiger partial charge in [-0.3, -0.25) is 14.4 Å². The molecule has 0 bridgehead atoms. The van der Waals surface area contributed by atoms with Gasteiger partial charge >= 0.3 is 11.8 Å². The molecule has 1 aromatic carbocycles. The fourth-order valence-corrected chi connectivity index (χ4v) is 2.20. The van der Waals surface area contributed by atoms with Crippen LogP contribution in [0.5, 0.6) is 0 Å². The molecule has 0 atom stereocenters. The van der Waals surface area contributed by atoms with Crippen molar-refractivity contribution in [3.63, 3.8) is 0 Å². The van der Waals surface area contributed by atoms with Gasteiger partial charge in [-0.1, -0.05) is 23.2 Å². The van der Waals surface area contributed by atoms with E-state index in [1.165, 1.54) is 11.0 Å². The van der Waals surface area contributed by atoms with Crippen LogP contribution in [-0.4, -0.2) is 41.4 Å². The summed E-state index contributed by atoms with van der Waals surface area (Å²) < 4.78 is 0. The first kappa shape index (κ1) is 20.9. The molecule has 0 heterocycles. The first-order valence-electron chi connectivity index (χ1n) is 7.65. The number of hydrogen-bond donors (Lipinski definition) is 2. The summed E-state index contributed by atoms with van der Waals surface area (Å²) in [6.07, 6.45) is -0.0556. The van der Waals surface area contributed by atoms with Gasteiger partial charge in [0.05, 0.1) is 16.5 Å². The summed E-state index contributed by atoms with van der Waals surface area (Å²) in [6, 6.07) is 4.71. The highest BCUT2D eigenvalue weighted by Crippen LogP contribution is 2.25. The van der Waals surface area contributed by atoms with Crippen molar-refractivity contribution >= 4 is 52.3 Å². The molecular weight excluding hydrogens is 367 g/mol. The Labute approximate surface area is 156 Å². The van der Waals surface area contributed by atoms with Gasteiger partial charge in [-0.25, -0.2) is 5.43 Å². The van der Waals surface area contributed by atoms with Crippen LogP contribution in [0.15, 0.2) is 23.3 Å². The van der Waals surface area contributed by atoms with Crippen LogP contribution in [0.3, 0.4) is 0 Å². The van der Waals surface area contributed by atoms with Gasteiger partial charge in [0.25, 0.3) is 0 Å². The maximum atomic E-state index is 11.9. The lowest BCUT2D eigenvalue weighted by Gasteiger charge is -2.16. The Kier molecular flexibility index (Phi) is 8.37. The number of nitrogens with one attached hydrogen (secondary N) is 2. The number of halogens is 2. The van der Waals surface area contributed by atoms with Gasteiger partial charge in [0.2, 0.25) is 5.91 Å². The molecule has 0 radical (unpaired) electrons. The van der Waals surface area contributed by atoms with Gasteiger partial charge in [-0.2, -0.15) is 5.10 Å². The van der Waals surface area contributed by atoms with Crippen molar-refractivity contribution in [1.82, 2.24) is 10.3 Å². The second-order valence-electron chi connectivity index (χ2n) is 5.12. The molecule has 3 amide bonds. The molecule has 0 spiro atoms. The Morgan fingerprint density at radius 3 is 2.32 bits per heavy atom. The number of anilines is 1. The zero-order valence-corrected chi connectivity index (χ0v) is 15.7. The number of hydrazone groups is 1. The number of carbonyl (C=O) groups is 3. The van der Waals surface area contributed by atoms with Gasteiger partial charge in [-0.15, -0.1) is 0 Å². The van der Waals surface area contributed by atoms with Crippen LogP contribution < -0.4 is 10.7 Å². The minimum atomic E-state index is -0.840. The van der Waals surface area contributed by atoms with E-state index in [-0.39, 0.29) is 12.3 Å². The van der Waals surface area contributed by atoms with Crippen molar-refractivity contribution in [3.8, 4) is 0 Å². The molecule has 2 N–H and O–H groups in total. The lowest BCUT2D eigenvalue weighted by atomic mass is 10.2. The van der Waals surface area contributed by atoms with Crippen LogP contribution in [0.2, 0.25) is 10.0 Å². The second-order valence-corrected chi connectivity index (χ2v) is 5.93. The number of rotatable bonds is 6. The summed E-state index contributed by atoms with van der Waals surface area (Å²) in [5.74, 6) is -1.85. The molecule has 0 saturated carbocycles. The lowest BCUT2D eigenvalue weighted by molar-refractivity contribution is -0.145. The summed E-state index contributed by atoms with van der Waals surface area (Å²) in [4.78, 5) is 36.8. The summed E-state index contributed by atoms with van der Waals surface area (Å²) in [6.45, 7) is 5.97. The quantitative estimate of drug-likeness (QED) is 0.447. The maximum Gasteiger partial charge on any atom is 0.329 e. The van der Waals surface area contributed by atoms with Crippen LogP contribution >= 0.6 is 23.2 Å². The lowest BCUT2D eigenvalue weighted by Crippen LogP contribution is -2.41. The van der Waals surface area contributed by atoms with Crippen LogP contribution in [0.4, 0.5) is 5.69 Å². The zero-order valence-electron chi connectivity index (χ0n) is 14.2. The predicted molar refractivity (Wildman–Crippen MR) is 98.9 cm³/mol. The Hall–Kier alpha value is -2.12. The average molecular weight is 387 g/mol. The van der Waals surface area contributed by atoms with Crippen LogP contribution in [0, 0.1) is 0 Å². The number of amides is 3. The van der Waals surface area contributed by atoms with Gasteiger partial charge < -0.3 is 10.2 Å². The zero-order chi connectivity index (χ0) is 19.0. The van der Waals surface area contributed by atoms with E-state index >= 15 is 0 Å². The summed E-state index contributed by atoms with van der Waals surface area (Å²) in [5, 5.41) is 7.12. The third-order valence-corrected chi connectivity index (χ3v) is 3.95. The van der Waals surface area contributed by atoms with Crippen molar-refractivity contribution in [3.05, 3.63) is 28.2 Å². The summed E-state index contributed by atoms with van der Waals surface area (Å²) in [5.41, 5.74) is 3.00. The van der Waals surface area contributed by atoms with E-state index in [2.05, 4.69) is 15.8 Å². The standard InChI is InChI=1S/C16H20Cl2N4O3/c1-4-22(5-2)16(25)15(24)21-20-10(3)8-14(23)19-11-6-7-12(17)13(18)9-11/h6-7,9H,4-5,8H2,1-3H3,(H,19,23)(H,21,24). The highest BCUT2D eigenvalue weighted by atomic mass is 35.5. The normalized spacial score (nSPS) is 11.0. The van der Waals surface area contributed by atoms with E-state index in [1.807, 2.05) is 0 Å². The van der Waals surface area contributed by atoms with E-state index < -0.39 is 11.8 Å². The minimum Gasteiger partial charge on any atom is -0.335 e. The van der Waals surface area contributed by atoms with E-state index in [0.717, 1.165) is 0 Å². The van der Waals surface area contributed by atoms with Crippen molar-refractivity contribution < 1.29 is 14.4 Å². The van der Waals surface area contributed by atoms with Gasteiger partial charge in [0.1, 0.15) is 0 Å². The molecule has 0 saturated heterocycles. The topological polar surface area (TPSA) is 90.9 Å². The molecule has 0 unspecified atom stereocenters. The summed E-state index contributed by atoms with van der Waals surface area (Å²) >= 11 is 11.7. The van der Waals surface area contributed by atoms with E-state index in [4.69, 9.17) is 23.2 Å². The van der Waals surface area contributed by atoms with Crippen LogP contribution in [0.25, 0.3) is 0 Å². The number of benzene rings is 1. The van der Waals surface area contributed by atoms with Gasteiger partial charge in [0, 0.05) is 24.5 Å². The van der Waals surface area contributed by atoms with E-state index in [9.17, 15) is 14.4 Å². The maximum absolute atomic E-state index is 11.9. The van der Waals surface area contributed by atoms with Crippen LogP contribution in [0.1, 0.15) is 27.2 Å². The Bertz CT molecular complexity index is 688. The first-order chi connectivity index (χ1) is 11.8. The minimum absolute atomic E-state index is 0.0556. The Morgan fingerprint density at radius 1 is 1.12 bits per heavy atom. The molecule has 136 valence electrons. The largest absolute Gasteiger partial charge is 0.335 e. The van der Waals surface area contributed by atoms with Crippen molar-refractivity contribution in [2.45, 2.75) is 27.2 Å². The molecule has 0 fully saturated rings. The third kappa shape index (κ3) is 6.72. The predicted octanol–water partition coefficient (Wildman–Crippen LogP) is 2.68. The highest BCUT2D eigenvalue weighted by molar-refractivity contribution is 6.42. The summed E-state index contributed by atoms with van der Waals surface area (Å²) in [7, 11) is 0. The fraction of sp³-hybridized carbons (Fsp3) is 0.375. The number of carbonyl (C=O) groups excluding carboxylic acids is 3. The number of likely N-dealkylation sites (N-methyl/N-ethyl adjacent to an activating group) is 1. The van der Waals surface area contributed by atoms with E-state index in [1.54, 1.807) is 32.9 Å². The smallest absolute Gasteiger partial charge is 0.329 e. The van der Waals surface area contributed by atoms with Crippen molar-refractivity contribution in [1.29, 1.82) is 0 Å². The SMILES string of the molecule is CCN(CC)C(=O)C(=O)NN=C(C)CC(=O)Nc1ccc(Cl)c(Cl)c1. The van der Waals surface area contributed by atoms with Crippen LogP contribution in [-0.2, 0) is 14.4 Å². The number of nitrogens with zero attached hydrogens (tertiary/aromatic N) is 2. The van der Waals surface area contributed by atoms with Gasteiger partial charge in [0.15, 0.2) is 0 Å². The number of hydrogen-bond acceptors (Lipinski definition) is 4. The Morgan fingerprint density at radius 2 is 1.76 bits per heavy atom. The highest BCUT2D eigenvalue weighted by Gasteiger charge is 2.18. The van der Waals surface area contributed by atoms with E-state index in [0.29, 0.717) is 34.5 Å².